The van der Waals surface area contributed by atoms with E-state index in [9.17, 15) is 4.79 Å². The molecule has 120 valence electrons. The van der Waals surface area contributed by atoms with Crippen LogP contribution in [0.25, 0.3) is 12.2 Å². The van der Waals surface area contributed by atoms with Gasteiger partial charge in [0.05, 0.1) is 0 Å². The van der Waals surface area contributed by atoms with Gasteiger partial charge >= 0.3 is 0 Å². The smallest absolute Gasteiger partial charge is 0.299 e. The first-order chi connectivity index (χ1) is 11.6. The van der Waals surface area contributed by atoms with Gasteiger partial charge in [-0.3, -0.25) is 4.79 Å². The Morgan fingerprint density at radius 3 is 2.58 bits per heavy atom. The van der Waals surface area contributed by atoms with Crippen LogP contribution in [0.4, 0.5) is 11.6 Å². The molecular weight excluding hydrogens is 326 g/mol. The van der Waals surface area contributed by atoms with E-state index in [0.717, 1.165) is 10.2 Å². The fourth-order valence-corrected chi connectivity index (χ4v) is 2.23. The van der Waals surface area contributed by atoms with Gasteiger partial charge in [0, 0.05) is 10.7 Å². The summed E-state index contributed by atoms with van der Waals surface area (Å²) < 4.78 is 0.915. The van der Waals surface area contributed by atoms with Crippen molar-refractivity contribution in [1.29, 1.82) is 0 Å². The van der Waals surface area contributed by atoms with E-state index in [-0.39, 0.29) is 11.6 Å². The number of benzene rings is 2. The molecule has 0 aliphatic heterocycles. The Bertz CT molecular complexity index is 937. The second kappa shape index (κ2) is 6.97. The number of hydrogen-bond acceptors (Lipinski definition) is 5. The highest BCUT2D eigenvalue weighted by Crippen LogP contribution is 2.17. The molecule has 7 heteroatoms. The highest BCUT2D eigenvalue weighted by atomic mass is 35.5. The molecular formula is C17H14ClN5O. The van der Waals surface area contributed by atoms with Gasteiger partial charge in [-0.15, -0.1) is 10.2 Å². The second-order valence-corrected chi connectivity index (χ2v) is 5.40. The zero-order valence-corrected chi connectivity index (χ0v) is 13.3. The Labute approximate surface area is 143 Å². The van der Waals surface area contributed by atoms with Crippen molar-refractivity contribution >= 4 is 35.4 Å². The van der Waals surface area contributed by atoms with Gasteiger partial charge in [-0.05, 0) is 29.8 Å². The lowest BCUT2D eigenvalue weighted by Crippen LogP contribution is -2.32. The SMILES string of the molecule is Nn1c(Nc2cccc(Cl)c2)nnc(/C=C/c2ccccc2)c1=O. The van der Waals surface area contributed by atoms with Crippen molar-refractivity contribution in [3.63, 3.8) is 0 Å². The first-order valence-corrected chi connectivity index (χ1v) is 7.52. The van der Waals surface area contributed by atoms with Gasteiger partial charge in [-0.2, -0.15) is 4.68 Å². The number of aromatic nitrogens is 3. The van der Waals surface area contributed by atoms with Crippen LogP contribution in [-0.4, -0.2) is 14.9 Å². The summed E-state index contributed by atoms with van der Waals surface area (Å²) in [5, 5.41) is 11.4. The number of nitrogens with one attached hydrogen (secondary N) is 1. The number of nitrogen functional groups attached to an aromatic ring is 1. The van der Waals surface area contributed by atoms with Gasteiger partial charge in [-0.25, -0.2) is 0 Å². The van der Waals surface area contributed by atoms with Crippen LogP contribution < -0.4 is 16.7 Å². The first-order valence-electron chi connectivity index (χ1n) is 7.14. The van der Waals surface area contributed by atoms with E-state index >= 15 is 0 Å². The molecule has 0 bridgehead atoms. The van der Waals surface area contributed by atoms with Crippen molar-refractivity contribution in [2.45, 2.75) is 0 Å². The maximum Gasteiger partial charge on any atom is 0.299 e. The highest BCUT2D eigenvalue weighted by molar-refractivity contribution is 6.30. The van der Waals surface area contributed by atoms with Crippen molar-refractivity contribution in [3.8, 4) is 0 Å². The van der Waals surface area contributed by atoms with Crippen LogP contribution in [0.2, 0.25) is 5.02 Å². The fourth-order valence-electron chi connectivity index (χ4n) is 2.04. The third kappa shape index (κ3) is 3.61. The number of nitrogens with two attached hydrogens (primary N) is 1. The predicted octanol–water partition coefficient (Wildman–Crippen LogP) is 2.92. The number of nitrogens with zero attached hydrogens (tertiary/aromatic N) is 3. The average Bonchev–Trinajstić information content (AvgIpc) is 2.59. The molecule has 24 heavy (non-hydrogen) atoms. The molecule has 0 atom stereocenters. The summed E-state index contributed by atoms with van der Waals surface area (Å²) in [6.45, 7) is 0. The predicted molar refractivity (Wildman–Crippen MR) is 96.5 cm³/mol. The number of hydrogen-bond donors (Lipinski definition) is 2. The van der Waals surface area contributed by atoms with Crippen molar-refractivity contribution in [1.82, 2.24) is 14.9 Å². The van der Waals surface area contributed by atoms with E-state index in [4.69, 9.17) is 17.4 Å². The molecule has 1 aromatic heterocycles. The van der Waals surface area contributed by atoms with Crippen LogP contribution in [0.3, 0.4) is 0 Å². The number of anilines is 2. The van der Waals surface area contributed by atoms with E-state index in [0.29, 0.717) is 10.7 Å². The molecule has 0 saturated carbocycles. The number of rotatable bonds is 4. The Morgan fingerprint density at radius 2 is 1.83 bits per heavy atom. The summed E-state index contributed by atoms with van der Waals surface area (Å²) >= 11 is 5.92. The minimum absolute atomic E-state index is 0.124. The molecule has 3 rings (SSSR count). The quantitative estimate of drug-likeness (QED) is 0.714. The fraction of sp³-hybridized carbons (Fsp3) is 0. The van der Waals surface area contributed by atoms with Gasteiger partial charge in [0.15, 0.2) is 5.69 Å². The van der Waals surface area contributed by atoms with Gasteiger partial charge in [0.1, 0.15) is 0 Å². The van der Waals surface area contributed by atoms with Crippen molar-refractivity contribution in [3.05, 3.63) is 81.2 Å². The van der Waals surface area contributed by atoms with Crippen LogP contribution >= 0.6 is 11.6 Å². The molecule has 0 fully saturated rings. The molecule has 0 unspecified atom stereocenters. The van der Waals surface area contributed by atoms with Crippen molar-refractivity contribution in [2.75, 3.05) is 11.2 Å². The maximum absolute atomic E-state index is 12.3. The van der Waals surface area contributed by atoms with Gasteiger partial charge in [-0.1, -0.05) is 54.1 Å². The van der Waals surface area contributed by atoms with Crippen LogP contribution in [-0.2, 0) is 0 Å². The minimum atomic E-state index is -0.457. The Morgan fingerprint density at radius 1 is 1.04 bits per heavy atom. The summed E-state index contributed by atoms with van der Waals surface area (Å²) in [5.74, 6) is 5.93. The second-order valence-electron chi connectivity index (χ2n) is 4.96. The lowest BCUT2D eigenvalue weighted by Gasteiger charge is -2.09. The molecule has 3 N–H and O–H groups in total. The third-order valence-corrected chi connectivity index (χ3v) is 3.47. The largest absolute Gasteiger partial charge is 0.333 e. The van der Waals surface area contributed by atoms with E-state index in [1.165, 1.54) is 0 Å². The zero-order valence-electron chi connectivity index (χ0n) is 12.6. The standard InChI is InChI=1S/C17H14ClN5O/c18-13-7-4-8-14(11-13)20-17-22-21-15(16(24)23(17)19)10-9-12-5-2-1-3-6-12/h1-11H,19H2,(H,20,22)/b10-9+. The Balaban J connectivity index is 1.86. The highest BCUT2D eigenvalue weighted by Gasteiger charge is 2.08. The summed E-state index contributed by atoms with van der Waals surface area (Å²) in [6, 6.07) is 16.5. The molecule has 1 heterocycles. The molecule has 0 aliphatic rings. The number of halogens is 1. The molecule has 6 nitrogen and oxygen atoms in total. The van der Waals surface area contributed by atoms with E-state index < -0.39 is 5.56 Å². The van der Waals surface area contributed by atoms with Crippen LogP contribution in [0.15, 0.2) is 59.4 Å². The maximum atomic E-state index is 12.3. The summed E-state index contributed by atoms with van der Waals surface area (Å²) in [7, 11) is 0. The molecule has 0 saturated heterocycles. The average molecular weight is 340 g/mol. The van der Waals surface area contributed by atoms with Gasteiger partial charge in [0.2, 0.25) is 5.95 Å². The van der Waals surface area contributed by atoms with Crippen LogP contribution in [0.1, 0.15) is 11.3 Å². The topological polar surface area (TPSA) is 85.8 Å². The Hall–Kier alpha value is -3.12. The first kappa shape index (κ1) is 15.8. The lowest BCUT2D eigenvalue weighted by molar-refractivity contribution is 0.828. The molecule has 0 spiro atoms. The molecule has 0 radical (unpaired) electrons. The van der Waals surface area contributed by atoms with Crippen LogP contribution in [0.5, 0.6) is 0 Å². The van der Waals surface area contributed by atoms with E-state index in [1.807, 2.05) is 30.3 Å². The van der Waals surface area contributed by atoms with Crippen molar-refractivity contribution in [2.24, 2.45) is 0 Å². The van der Waals surface area contributed by atoms with Crippen LogP contribution in [0, 0.1) is 0 Å². The third-order valence-electron chi connectivity index (χ3n) is 3.23. The van der Waals surface area contributed by atoms with E-state index in [2.05, 4.69) is 15.5 Å². The zero-order chi connectivity index (χ0) is 16.9. The Kier molecular flexibility index (Phi) is 4.58. The summed E-state index contributed by atoms with van der Waals surface area (Å²) in [6.07, 6.45) is 3.35. The van der Waals surface area contributed by atoms with E-state index in [1.54, 1.807) is 36.4 Å². The van der Waals surface area contributed by atoms with Gasteiger partial charge < -0.3 is 11.2 Å². The minimum Gasteiger partial charge on any atom is -0.333 e. The molecule has 3 aromatic rings. The normalized spacial score (nSPS) is 10.9. The molecule has 0 aliphatic carbocycles. The summed E-state index contributed by atoms with van der Waals surface area (Å²) in [5.41, 5.74) is 1.30. The summed E-state index contributed by atoms with van der Waals surface area (Å²) in [4.78, 5) is 12.3. The van der Waals surface area contributed by atoms with Gasteiger partial charge in [0.25, 0.3) is 5.56 Å². The lowest BCUT2D eigenvalue weighted by atomic mass is 10.2. The molecule has 0 amide bonds. The monoisotopic (exact) mass is 339 g/mol. The van der Waals surface area contributed by atoms with Crippen molar-refractivity contribution < 1.29 is 0 Å². The molecule has 2 aromatic carbocycles.